The Morgan fingerprint density at radius 3 is 2.50 bits per heavy atom. The highest BCUT2D eigenvalue weighted by atomic mass is 35.5. The minimum absolute atomic E-state index is 0.0467. The van der Waals surface area contributed by atoms with Gasteiger partial charge >= 0.3 is 12.1 Å². The van der Waals surface area contributed by atoms with Gasteiger partial charge in [-0.25, -0.2) is 0 Å². The SMILES string of the molecule is O=C(O)C(CNc1cccc(Cl)c1Cl)C(F)(F)F. The summed E-state index contributed by atoms with van der Waals surface area (Å²) >= 11 is 11.4. The first-order valence-corrected chi connectivity index (χ1v) is 5.46. The second-order valence-corrected chi connectivity index (χ2v) is 4.20. The van der Waals surface area contributed by atoms with E-state index in [0.717, 1.165) is 0 Å². The lowest BCUT2D eigenvalue weighted by Crippen LogP contribution is -2.36. The quantitative estimate of drug-likeness (QED) is 0.892. The summed E-state index contributed by atoms with van der Waals surface area (Å²) < 4.78 is 37.1. The highest BCUT2D eigenvalue weighted by molar-refractivity contribution is 6.43. The predicted molar refractivity (Wildman–Crippen MR) is 62.1 cm³/mol. The maximum absolute atomic E-state index is 12.4. The largest absolute Gasteiger partial charge is 0.481 e. The van der Waals surface area contributed by atoms with E-state index in [1.54, 1.807) is 0 Å². The van der Waals surface area contributed by atoms with Crippen molar-refractivity contribution in [2.45, 2.75) is 6.18 Å². The lowest BCUT2D eigenvalue weighted by molar-refractivity contribution is -0.190. The van der Waals surface area contributed by atoms with Crippen molar-refractivity contribution in [3.63, 3.8) is 0 Å². The molecule has 0 spiro atoms. The van der Waals surface area contributed by atoms with Crippen LogP contribution >= 0.6 is 23.2 Å². The Labute approximate surface area is 110 Å². The molecule has 1 aromatic carbocycles. The molecule has 1 rings (SSSR count). The van der Waals surface area contributed by atoms with Crippen LogP contribution in [-0.4, -0.2) is 23.8 Å². The van der Waals surface area contributed by atoms with Crippen molar-refractivity contribution in [1.29, 1.82) is 0 Å². The maximum Gasteiger partial charge on any atom is 0.403 e. The first-order chi connectivity index (χ1) is 8.23. The van der Waals surface area contributed by atoms with Gasteiger partial charge in [0, 0.05) is 6.54 Å². The minimum atomic E-state index is -4.83. The molecule has 0 fully saturated rings. The third-order valence-electron chi connectivity index (χ3n) is 2.14. The molecule has 0 radical (unpaired) electrons. The molecule has 0 aliphatic heterocycles. The van der Waals surface area contributed by atoms with E-state index in [0.29, 0.717) is 0 Å². The van der Waals surface area contributed by atoms with Gasteiger partial charge in [0.25, 0.3) is 0 Å². The van der Waals surface area contributed by atoms with Crippen molar-refractivity contribution in [1.82, 2.24) is 0 Å². The third kappa shape index (κ3) is 3.68. The van der Waals surface area contributed by atoms with Crippen LogP contribution in [0.4, 0.5) is 18.9 Å². The highest BCUT2D eigenvalue weighted by Gasteiger charge is 2.44. The van der Waals surface area contributed by atoms with E-state index in [2.05, 4.69) is 5.32 Å². The number of anilines is 1. The van der Waals surface area contributed by atoms with Gasteiger partial charge in [-0.2, -0.15) is 13.2 Å². The lowest BCUT2D eigenvalue weighted by atomic mass is 10.1. The molecular weight excluding hydrogens is 294 g/mol. The van der Waals surface area contributed by atoms with Crippen LogP contribution in [0.3, 0.4) is 0 Å². The van der Waals surface area contributed by atoms with Crippen LogP contribution in [0.5, 0.6) is 0 Å². The number of aliphatic carboxylic acids is 1. The van der Waals surface area contributed by atoms with E-state index < -0.39 is 24.6 Å². The molecule has 0 amide bonds. The molecule has 3 nitrogen and oxygen atoms in total. The zero-order valence-electron chi connectivity index (χ0n) is 8.76. The summed E-state index contributed by atoms with van der Waals surface area (Å²) in [7, 11) is 0. The second kappa shape index (κ2) is 5.67. The Balaban J connectivity index is 2.80. The van der Waals surface area contributed by atoms with Gasteiger partial charge in [-0.3, -0.25) is 4.79 Å². The molecule has 1 atom stereocenters. The summed E-state index contributed by atoms with van der Waals surface area (Å²) in [5.41, 5.74) is 0.152. The minimum Gasteiger partial charge on any atom is -0.481 e. The number of carboxylic acid groups (broad SMARTS) is 1. The summed E-state index contributed by atoms with van der Waals surface area (Å²) in [6.45, 7) is -0.821. The normalized spacial score (nSPS) is 13.2. The summed E-state index contributed by atoms with van der Waals surface area (Å²) in [5.74, 6) is -4.46. The zero-order valence-corrected chi connectivity index (χ0v) is 10.3. The number of benzene rings is 1. The standard InChI is InChI=1S/C10H8Cl2F3NO2/c11-6-2-1-3-7(8(6)12)16-4-5(9(17)18)10(13,14)15/h1-3,5,16H,4H2,(H,17,18). The van der Waals surface area contributed by atoms with E-state index in [1.165, 1.54) is 18.2 Å². The van der Waals surface area contributed by atoms with Gasteiger partial charge in [-0.1, -0.05) is 29.3 Å². The van der Waals surface area contributed by atoms with Gasteiger partial charge in [0.15, 0.2) is 5.92 Å². The number of nitrogens with one attached hydrogen (secondary N) is 1. The summed E-state index contributed by atoms with van der Waals surface area (Å²) in [6.07, 6.45) is -4.83. The Morgan fingerprint density at radius 1 is 1.39 bits per heavy atom. The Hall–Kier alpha value is -1.14. The molecule has 8 heteroatoms. The van der Waals surface area contributed by atoms with E-state index in [4.69, 9.17) is 28.3 Å². The van der Waals surface area contributed by atoms with Gasteiger partial charge in [0.2, 0.25) is 0 Å². The topological polar surface area (TPSA) is 49.3 Å². The predicted octanol–water partition coefficient (Wildman–Crippen LogP) is 3.67. The van der Waals surface area contributed by atoms with Gasteiger partial charge in [0.1, 0.15) is 0 Å². The summed E-state index contributed by atoms with van der Waals surface area (Å²) in [5, 5.41) is 11.0. The number of carbonyl (C=O) groups is 1. The molecule has 18 heavy (non-hydrogen) atoms. The average molecular weight is 302 g/mol. The molecule has 0 aliphatic rings. The second-order valence-electron chi connectivity index (χ2n) is 3.41. The molecule has 1 aromatic rings. The molecule has 1 unspecified atom stereocenters. The fraction of sp³-hybridized carbons (Fsp3) is 0.300. The molecule has 100 valence electrons. The Kier molecular flexibility index (Phi) is 4.70. The number of hydrogen-bond donors (Lipinski definition) is 2. The number of carboxylic acids is 1. The van der Waals surface area contributed by atoms with Gasteiger partial charge in [0.05, 0.1) is 15.7 Å². The van der Waals surface area contributed by atoms with Gasteiger partial charge in [-0.15, -0.1) is 0 Å². The van der Waals surface area contributed by atoms with Crippen molar-refractivity contribution in [3.8, 4) is 0 Å². The molecular formula is C10H8Cl2F3NO2. The molecule has 0 aromatic heterocycles. The highest BCUT2D eigenvalue weighted by Crippen LogP contribution is 2.31. The average Bonchev–Trinajstić information content (AvgIpc) is 2.22. The monoisotopic (exact) mass is 301 g/mol. The number of halogens is 5. The van der Waals surface area contributed by atoms with E-state index >= 15 is 0 Å². The fourth-order valence-corrected chi connectivity index (χ4v) is 1.56. The van der Waals surface area contributed by atoms with Crippen LogP contribution in [0.2, 0.25) is 10.0 Å². The zero-order chi connectivity index (χ0) is 13.9. The van der Waals surface area contributed by atoms with Crippen LogP contribution in [0.25, 0.3) is 0 Å². The number of rotatable bonds is 4. The van der Waals surface area contributed by atoms with Gasteiger partial charge in [-0.05, 0) is 12.1 Å². The summed E-state index contributed by atoms with van der Waals surface area (Å²) in [4.78, 5) is 10.5. The van der Waals surface area contributed by atoms with E-state index in [9.17, 15) is 18.0 Å². The van der Waals surface area contributed by atoms with Gasteiger partial charge < -0.3 is 10.4 Å². The van der Waals surface area contributed by atoms with Crippen LogP contribution < -0.4 is 5.32 Å². The number of alkyl halides is 3. The Morgan fingerprint density at radius 2 is 2.00 bits per heavy atom. The summed E-state index contributed by atoms with van der Waals surface area (Å²) in [6, 6.07) is 4.36. The molecule has 0 aliphatic carbocycles. The molecule has 0 saturated heterocycles. The molecule has 0 saturated carbocycles. The third-order valence-corrected chi connectivity index (χ3v) is 2.96. The van der Waals surface area contributed by atoms with Crippen molar-refractivity contribution in [3.05, 3.63) is 28.2 Å². The lowest BCUT2D eigenvalue weighted by Gasteiger charge is -2.17. The molecule has 2 N–H and O–H groups in total. The van der Waals surface area contributed by atoms with Crippen LogP contribution in [0.1, 0.15) is 0 Å². The number of hydrogen-bond acceptors (Lipinski definition) is 2. The van der Waals surface area contributed by atoms with E-state index in [-0.39, 0.29) is 15.7 Å². The molecule has 0 heterocycles. The first-order valence-electron chi connectivity index (χ1n) is 4.71. The van der Waals surface area contributed by atoms with Crippen molar-refractivity contribution >= 4 is 34.9 Å². The van der Waals surface area contributed by atoms with Crippen LogP contribution in [-0.2, 0) is 4.79 Å². The fourth-order valence-electron chi connectivity index (χ4n) is 1.20. The van der Waals surface area contributed by atoms with Crippen LogP contribution in [0, 0.1) is 5.92 Å². The van der Waals surface area contributed by atoms with Crippen molar-refractivity contribution < 1.29 is 23.1 Å². The molecule has 0 bridgehead atoms. The maximum atomic E-state index is 12.4. The smallest absolute Gasteiger partial charge is 0.403 e. The Bertz CT molecular complexity index is 451. The van der Waals surface area contributed by atoms with E-state index in [1.807, 2.05) is 0 Å². The van der Waals surface area contributed by atoms with Crippen LogP contribution in [0.15, 0.2) is 18.2 Å². The van der Waals surface area contributed by atoms with Crippen molar-refractivity contribution in [2.24, 2.45) is 5.92 Å². The van der Waals surface area contributed by atoms with Crippen molar-refractivity contribution in [2.75, 3.05) is 11.9 Å². The first kappa shape index (κ1) is 14.9.